The molecule has 1 fully saturated rings. The smallest absolute Gasteiger partial charge is 0.112 e. The van der Waals surface area contributed by atoms with Crippen molar-refractivity contribution in [1.82, 2.24) is 9.55 Å². The molecule has 0 aliphatic carbocycles. The van der Waals surface area contributed by atoms with Crippen LogP contribution in [-0.4, -0.2) is 22.8 Å². The van der Waals surface area contributed by atoms with Gasteiger partial charge in [0.2, 0.25) is 0 Å². The van der Waals surface area contributed by atoms with Gasteiger partial charge in [-0.05, 0) is 24.6 Å². The van der Waals surface area contributed by atoms with E-state index in [1.807, 2.05) is 12.1 Å². The lowest BCUT2D eigenvalue weighted by Crippen LogP contribution is -2.14. The molecule has 102 valence electrons. The van der Waals surface area contributed by atoms with E-state index >= 15 is 0 Å². The molecule has 0 saturated carbocycles. The minimum atomic E-state index is 0.413. The van der Waals surface area contributed by atoms with Crippen LogP contribution in [-0.2, 0) is 11.3 Å². The summed E-state index contributed by atoms with van der Waals surface area (Å²) in [6.07, 6.45) is 1.15. The first-order chi connectivity index (χ1) is 9.15. The number of hydrogen-bond donors (Lipinski definition) is 1. The second-order valence-corrected chi connectivity index (χ2v) is 5.71. The van der Waals surface area contributed by atoms with Gasteiger partial charge in [0.25, 0.3) is 0 Å². The fourth-order valence-corrected chi connectivity index (χ4v) is 2.78. The Labute approximate surface area is 113 Å². The molecule has 1 aliphatic heterocycles. The predicted molar refractivity (Wildman–Crippen MR) is 77.2 cm³/mol. The van der Waals surface area contributed by atoms with E-state index in [0.29, 0.717) is 11.8 Å². The highest BCUT2D eigenvalue weighted by atomic mass is 16.5. The summed E-state index contributed by atoms with van der Waals surface area (Å²) in [5.41, 5.74) is 8.82. The molecule has 2 N–H and O–H groups in total. The van der Waals surface area contributed by atoms with E-state index in [9.17, 15) is 0 Å². The lowest BCUT2D eigenvalue weighted by atomic mass is 10.1. The second kappa shape index (κ2) is 4.85. The lowest BCUT2D eigenvalue weighted by Gasteiger charge is -2.15. The zero-order chi connectivity index (χ0) is 13.4. The molecular weight excluding hydrogens is 238 g/mol. The highest BCUT2D eigenvalue weighted by Crippen LogP contribution is 2.26. The van der Waals surface area contributed by atoms with Crippen molar-refractivity contribution in [3.63, 3.8) is 0 Å². The minimum absolute atomic E-state index is 0.413. The van der Waals surface area contributed by atoms with E-state index < -0.39 is 0 Å². The number of fused-ring (bicyclic) bond motifs is 1. The number of hydrogen-bond acceptors (Lipinski definition) is 3. The monoisotopic (exact) mass is 259 g/mol. The van der Waals surface area contributed by atoms with Gasteiger partial charge in [0.1, 0.15) is 5.82 Å². The molecule has 1 saturated heterocycles. The maximum absolute atomic E-state index is 5.85. The van der Waals surface area contributed by atoms with Crippen molar-refractivity contribution in [1.29, 1.82) is 0 Å². The maximum Gasteiger partial charge on any atom is 0.112 e. The van der Waals surface area contributed by atoms with Crippen LogP contribution in [0, 0.1) is 5.92 Å². The van der Waals surface area contributed by atoms with Crippen LogP contribution in [0.1, 0.15) is 32.0 Å². The van der Waals surface area contributed by atoms with Crippen LogP contribution in [0.3, 0.4) is 0 Å². The molecule has 1 unspecified atom stereocenters. The third-order valence-corrected chi connectivity index (χ3v) is 3.78. The van der Waals surface area contributed by atoms with Gasteiger partial charge in [-0.15, -0.1) is 0 Å². The highest BCUT2D eigenvalue weighted by molar-refractivity contribution is 5.79. The van der Waals surface area contributed by atoms with Crippen LogP contribution in [0.5, 0.6) is 0 Å². The number of nitrogens with two attached hydrogens (primary N) is 1. The Bertz CT molecular complexity index is 582. The van der Waals surface area contributed by atoms with Crippen molar-refractivity contribution in [2.24, 2.45) is 5.92 Å². The molecule has 0 radical (unpaired) electrons. The third-order valence-electron chi connectivity index (χ3n) is 3.78. The predicted octanol–water partition coefficient (Wildman–Crippen LogP) is 2.78. The number of nitrogen functional groups attached to an aromatic ring is 1. The largest absolute Gasteiger partial charge is 0.399 e. The molecule has 1 atom stereocenters. The molecule has 2 heterocycles. The van der Waals surface area contributed by atoms with Gasteiger partial charge in [-0.1, -0.05) is 13.8 Å². The molecule has 4 nitrogen and oxygen atoms in total. The van der Waals surface area contributed by atoms with Crippen LogP contribution < -0.4 is 5.73 Å². The second-order valence-electron chi connectivity index (χ2n) is 5.71. The Morgan fingerprint density at radius 2 is 2.32 bits per heavy atom. The van der Waals surface area contributed by atoms with Gasteiger partial charge < -0.3 is 15.0 Å². The molecule has 1 aromatic carbocycles. The van der Waals surface area contributed by atoms with Crippen LogP contribution in [0.15, 0.2) is 18.2 Å². The Morgan fingerprint density at radius 1 is 1.47 bits per heavy atom. The topological polar surface area (TPSA) is 53.1 Å². The lowest BCUT2D eigenvalue weighted by molar-refractivity contribution is 0.182. The van der Waals surface area contributed by atoms with Crippen molar-refractivity contribution in [2.75, 3.05) is 18.9 Å². The molecule has 0 spiro atoms. The number of benzene rings is 1. The first kappa shape index (κ1) is 12.5. The Balaban J connectivity index is 2.05. The first-order valence-electron chi connectivity index (χ1n) is 6.98. The summed E-state index contributed by atoms with van der Waals surface area (Å²) >= 11 is 0. The van der Waals surface area contributed by atoms with Crippen LogP contribution in [0.25, 0.3) is 11.0 Å². The van der Waals surface area contributed by atoms with Gasteiger partial charge in [-0.3, -0.25) is 0 Å². The zero-order valence-corrected chi connectivity index (χ0v) is 11.6. The number of aromatic nitrogens is 2. The number of ether oxygens (including phenoxy) is 1. The van der Waals surface area contributed by atoms with Gasteiger partial charge in [0.15, 0.2) is 0 Å². The first-order valence-corrected chi connectivity index (χ1v) is 6.98. The number of rotatable bonds is 3. The summed E-state index contributed by atoms with van der Waals surface area (Å²) in [4.78, 5) is 4.76. The quantitative estimate of drug-likeness (QED) is 0.862. The average molecular weight is 259 g/mol. The van der Waals surface area contributed by atoms with E-state index in [1.165, 1.54) is 5.52 Å². The standard InChI is InChI=1S/C15H21N3O/c1-10(2)15-17-13-7-12(16)3-4-14(13)18(15)8-11-5-6-19-9-11/h3-4,7,10-11H,5-6,8-9,16H2,1-2H3. The molecule has 4 heteroatoms. The zero-order valence-electron chi connectivity index (χ0n) is 11.6. The van der Waals surface area contributed by atoms with Gasteiger partial charge in [0.05, 0.1) is 17.6 Å². The maximum atomic E-state index is 5.85. The van der Waals surface area contributed by atoms with Crippen LogP contribution in [0.2, 0.25) is 0 Å². The Hall–Kier alpha value is -1.55. The Morgan fingerprint density at radius 3 is 3.00 bits per heavy atom. The number of anilines is 1. The van der Waals surface area contributed by atoms with Crippen molar-refractivity contribution >= 4 is 16.7 Å². The minimum Gasteiger partial charge on any atom is -0.399 e. The summed E-state index contributed by atoms with van der Waals surface area (Å²) < 4.78 is 7.83. The van der Waals surface area contributed by atoms with Crippen molar-refractivity contribution in [3.8, 4) is 0 Å². The molecule has 2 aromatic rings. The van der Waals surface area contributed by atoms with Gasteiger partial charge in [0, 0.05) is 30.7 Å². The summed E-state index contributed by atoms with van der Waals surface area (Å²) in [5.74, 6) is 2.16. The van der Waals surface area contributed by atoms with E-state index in [2.05, 4.69) is 24.5 Å². The third kappa shape index (κ3) is 2.32. The normalized spacial score (nSPS) is 19.6. The average Bonchev–Trinajstić information content (AvgIpc) is 2.97. The summed E-state index contributed by atoms with van der Waals surface area (Å²) in [7, 11) is 0. The van der Waals surface area contributed by atoms with Crippen LogP contribution in [0.4, 0.5) is 5.69 Å². The summed E-state index contributed by atoms with van der Waals surface area (Å²) in [6.45, 7) is 7.12. The summed E-state index contributed by atoms with van der Waals surface area (Å²) in [5, 5.41) is 0. The molecule has 0 bridgehead atoms. The molecule has 19 heavy (non-hydrogen) atoms. The Kier molecular flexibility index (Phi) is 3.19. The van der Waals surface area contributed by atoms with Crippen molar-refractivity contribution < 1.29 is 4.74 Å². The van der Waals surface area contributed by atoms with E-state index in [4.69, 9.17) is 15.5 Å². The van der Waals surface area contributed by atoms with Gasteiger partial charge in [-0.25, -0.2) is 4.98 Å². The van der Waals surface area contributed by atoms with Gasteiger partial charge >= 0.3 is 0 Å². The van der Waals surface area contributed by atoms with E-state index in [1.54, 1.807) is 0 Å². The summed E-state index contributed by atoms with van der Waals surface area (Å²) in [6, 6.07) is 6.00. The molecular formula is C15H21N3O. The fourth-order valence-electron chi connectivity index (χ4n) is 2.78. The SMILES string of the molecule is CC(C)c1nc2cc(N)ccc2n1CC1CCOC1. The van der Waals surface area contributed by atoms with E-state index in [0.717, 1.165) is 43.2 Å². The highest BCUT2D eigenvalue weighted by Gasteiger charge is 2.20. The van der Waals surface area contributed by atoms with Crippen molar-refractivity contribution in [2.45, 2.75) is 32.7 Å². The van der Waals surface area contributed by atoms with Crippen LogP contribution >= 0.6 is 0 Å². The fraction of sp³-hybridized carbons (Fsp3) is 0.533. The number of nitrogens with zero attached hydrogens (tertiary/aromatic N) is 2. The van der Waals surface area contributed by atoms with Crippen molar-refractivity contribution in [3.05, 3.63) is 24.0 Å². The molecule has 3 rings (SSSR count). The number of imidazole rings is 1. The van der Waals surface area contributed by atoms with E-state index in [-0.39, 0.29) is 0 Å². The van der Waals surface area contributed by atoms with Gasteiger partial charge in [-0.2, -0.15) is 0 Å². The molecule has 1 aromatic heterocycles. The molecule has 0 amide bonds. The molecule has 1 aliphatic rings.